The summed E-state index contributed by atoms with van der Waals surface area (Å²) in [7, 11) is -3.51. The third-order valence-electron chi connectivity index (χ3n) is 3.46. The van der Waals surface area contributed by atoms with Gasteiger partial charge in [0.25, 0.3) is 5.91 Å². The molecule has 0 aromatic carbocycles. The number of rotatable bonds is 3. The van der Waals surface area contributed by atoms with Gasteiger partial charge in [0.05, 0.1) is 5.52 Å². The normalized spacial score (nSPS) is 19.0. The van der Waals surface area contributed by atoms with Crippen LogP contribution >= 0.6 is 0 Å². The summed E-state index contributed by atoms with van der Waals surface area (Å²) in [5, 5.41) is 5.92. The van der Waals surface area contributed by atoms with E-state index in [4.69, 9.17) is 0 Å². The van der Waals surface area contributed by atoms with E-state index in [9.17, 15) is 13.2 Å². The second kappa shape index (κ2) is 5.12. The first-order valence-electron chi connectivity index (χ1n) is 6.65. The van der Waals surface area contributed by atoms with Crippen LogP contribution in [0.3, 0.4) is 0 Å². The van der Waals surface area contributed by atoms with Crippen molar-refractivity contribution < 1.29 is 13.2 Å². The summed E-state index contributed by atoms with van der Waals surface area (Å²) in [5.74, 6) is -0.345. The molecule has 2 N–H and O–H groups in total. The third-order valence-corrected chi connectivity index (χ3v) is 4.41. The van der Waals surface area contributed by atoms with Crippen LogP contribution in [0.15, 0.2) is 29.6 Å². The summed E-state index contributed by atoms with van der Waals surface area (Å²) in [6.45, 7) is 1.58. The molecular weight excluding hydrogens is 292 g/mol. The summed E-state index contributed by atoms with van der Waals surface area (Å²) >= 11 is 0. The van der Waals surface area contributed by atoms with E-state index in [1.54, 1.807) is 24.4 Å². The lowest BCUT2D eigenvalue weighted by molar-refractivity contribution is 0.0937. The number of imidazole rings is 1. The summed E-state index contributed by atoms with van der Waals surface area (Å²) in [6, 6.07) is 5.19. The van der Waals surface area contributed by atoms with Gasteiger partial charge in [0.1, 0.15) is 0 Å². The average Bonchev–Trinajstić information content (AvgIpc) is 3.04. The topological polar surface area (TPSA) is 92.6 Å². The summed E-state index contributed by atoms with van der Waals surface area (Å²) in [6.07, 6.45) is 3.53. The van der Waals surface area contributed by atoms with Gasteiger partial charge < -0.3 is 10.6 Å². The minimum absolute atomic E-state index is 0.0552. The highest BCUT2D eigenvalue weighted by molar-refractivity contribution is 7.90. The molecule has 1 aliphatic heterocycles. The monoisotopic (exact) mass is 308 g/mol. The average molecular weight is 308 g/mol. The number of fused-ring (bicyclic) bond motifs is 1. The molecule has 3 rings (SSSR count). The van der Waals surface area contributed by atoms with Crippen LogP contribution in [0.5, 0.6) is 0 Å². The van der Waals surface area contributed by atoms with Crippen LogP contribution < -0.4 is 10.6 Å². The van der Waals surface area contributed by atoms with Crippen LogP contribution in [0.4, 0.5) is 0 Å². The number of hydrogen-bond acceptors (Lipinski definition) is 5. The lowest BCUT2D eigenvalue weighted by atomic mass is 10.2. The van der Waals surface area contributed by atoms with Gasteiger partial charge in [0.15, 0.2) is 5.69 Å². The maximum atomic E-state index is 12.3. The second-order valence-electron chi connectivity index (χ2n) is 5.13. The Balaban J connectivity index is 2.04. The second-order valence-corrected chi connectivity index (χ2v) is 7.04. The van der Waals surface area contributed by atoms with Crippen LogP contribution in [0, 0.1) is 0 Å². The molecule has 0 spiro atoms. The molecule has 0 aliphatic carbocycles. The van der Waals surface area contributed by atoms with E-state index in [1.165, 1.54) is 4.40 Å². The summed E-state index contributed by atoms with van der Waals surface area (Å²) < 4.78 is 25.0. The van der Waals surface area contributed by atoms with E-state index in [-0.39, 0.29) is 22.8 Å². The van der Waals surface area contributed by atoms with Crippen molar-refractivity contribution in [2.24, 2.45) is 0 Å². The Morgan fingerprint density at radius 1 is 1.48 bits per heavy atom. The maximum Gasteiger partial charge on any atom is 0.272 e. The number of sulfone groups is 1. The fourth-order valence-electron chi connectivity index (χ4n) is 2.47. The highest BCUT2D eigenvalue weighted by Gasteiger charge is 2.25. The van der Waals surface area contributed by atoms with Crippen molar-refractivity contribution in [3.8, 4) is 0 Å². The molecule has 0 saturated carbocycles. The van der Waals surface area contributed by atoms with Gasteiger partial charge in [-0.25, -0.2) is 13.4 Å². The first-order chi connectivity index (χ1) is 9.97. The highest BCUT2D eigenvalue weighted by Crippen LogP contribution is 2.17. The molecule has 1 saturated heterocycles. The maximum absolute atomic E-state index is 12.3. The van der Waals surface area contributed by atoms with Crippen molar-refractivity contribution in [2.75, 3.05) is 19.3 Å². The van der Waals surface area contributed by atoms with Crippen molar-refractivity contribution in [3.63, 3.8) is 0 Å². The summed E-state index contributed by atoms with van der Waals surface area (Å²) in [4.78, 5) is 16.4. The third kappa shape index (κ3) is 2.64. The molecule has 0 bridgehead atoms. The zero-order chi connectivity index (χ0) is 15.0. The van der Waals surface area contributed by atoms with Crippen molar-refractivity contribution in [3.05, 3.63) is 30.1 Å². The Labute approximate surface area is 122 Å². The van der Waals surface area contributed by atoms with Gasteiger partial charge in [0.2, 0.25) is 15.0 Å². The van der Waals surface area contributed by atoms with Crippen molar-refractivity contribution >= 4 is 21.3 Å². The molecule has 1 unspecified atom stereocenters. The molecule has 8 heteroatoms. The quantitative estimate of drug-likeness (QED) is 0.821. The number of pyridine rings is 1. The first-order valence-corrected chi connectivity index (χ1v) is 8.54. The van der Waals surface area contributed by atoms with Crippen LogP contribution in [-0.4, -0.2) is 49.1 Å². The van der Waals surface area contributed by atoms with Crippen molar-refractivity contribution in [2.45, 2.75) is 17.6 Å². The zero-order valence-electron chi connectivity index (χ0n) is 11.5. The molecule has 1 fully saturated rings. The van der Waals surface area contributed by atoms with Crippen molar-refractivity contribution in [1.29, 1.82) is 0 Å². The Hall–Kier alpha value is -1.93. The smallest absolute Gasteiger partial charge is 0.272 e. The fourth-order valence-corrected chi connectivity index (χ4v) is 3.24. The van der Waals surface area contributed by atoms with Gasteiger partial charge in [-0.05, 0) is 25.1 Å². The molecule has 21 heavy (non-hydrogen) atoms. The van der Waals surface area contributed by atoms with Gasteiger partial charge >= 0.3 is 0 Å². The Morgan fingerprint density at radius 2 is 2.29 bits per heavy atom. The molecule has 112 valence electrons. The van der Waals surface area contributed by atoms with E-state index in [0.29, 0.717) is 5.52 Å². The van der Waals surface area contributed by atoms with Crippen molar-refractivity contribution in [1.82, 2.24) is 20.0 Å². The number of hydrogen-bond donors (Lipinski definition) is 2. The lowest BCUT2D eigenvalue weighted by Gasteiger charge is -2.09. The molecule has 3 heterocycles. The SMILES string of the molecule is CS(=O)(=O)c1nc(C(=O)NC2CCNC2)c2ccccn12. The standard InChI is InChI=1S/C13H16N4O3S/c1-21(19,20)13-16-11(10-4-2-3-7-17(10)13)12(18)15-9-5-6-14-8-9/h2-4,7,9,14H,5-6,8H2,1H3,(H,15,18). The lowest BCUT2D eigenvalue weighted by Crippen LogP contribution is -2.36. The number of carbonyl (C=O) groups is 1. The van der Waals surface area contributed by atoms with Gasteiger partial charge in [-0.1, -0.05) is 6.07 Å². The number of nitrogens with zero attached hydrogens (tertiary/aromatic N) is 2. The minimum atomic E-state index is -3.51. The minimum Gasteiger partial charge on any atom is -0.347 e. The number of nitrogens with one attached hydrogen (secondary N) is 2. The fraction of sp³-hybridized carbons (Fsp3) is 0.385. The van der Waals surface area contributed by atoms with E-state index in [1.807, 2.05) is 0 Å². The van der Waals surface area contributed by atoms with Crippen LogP contribution in [0.25, 0.3) is 5.52 Å². The van der Waals surface area contributed by atoms with E-state index in [2.05, 4.69) is 15.6 Å². The molecular formula is C13H16N4O3S. The first kappa shape index (κ1) is 14.0. The predicted octanol–water partition coefficient (Wildman–Crippen LogP) is -0.170. The van der Waals surface area contributed by atoms with Gasteiger partial charge in [-0.15, -0.1) is 0 Å². The molecule has 1 aliphatic rings. The molecule has 1 atom stereocenters. The predicted molar refractivity (Wildman–Crippen MR) is 77.0 cm³/mol. The Morgan fingerprint density at radius 3 is 2.95 bits per heavy atom. The molecule has 2 aromatic rings. The van der Waals surface area contributed by atoms with Crippen LogP contribution in [0.2, 0.25) is 0 Å². The van der Waals surface area contributed by atoms with E-state index in [0.717, 1.165) is 25.8 Å². The van der Waals surface area contributed by atoms with Gasteiger partial charge in [-0.3, -0.25) is 9.20 Å². The number of aromatic nitrogens is 2. The van der Waals surface area contributed by atoms with Gasteiger partial charge in [-0.2, -0.15) is 0 Å². The molecule has 2 aromatic heterocycles. The molecule has 1 amide bonds. The molecule has 0 radical (unpaired) electrons. The zero-order valence-corrected chi connectivity index (χ0v) is 12.4. The highest BCUT2D eigenvalue weighted by atomic mass is 32.2. The summed E-state index contributed by atoms with van der Waals surface area (Å²) in [5.41, 5.74) is 0.629. The number of amides is 1. The van der Waals surface area contributed by atoms with E-state index < -0.39 is 9.84 Å². The van der Waals surface area contributed by atoms with Gasteiger partial charge in [0, 0.05) is 25.0 Å². The number of carbonyl (C=O) groups excluding carboxylic acids is 1. The van der Waals surface area contributed by atoms with E-state index >= 15 is 0 Å². The molecule has 7 nitrogen and oxygen atoms in total. The van der Waals surface area contributed by atoms with Crippen LogP contribution in [-0.2, 0) is 9.84 Å². The Kier molecular flexibility index (Phi) is 3.42. The Bertz CT molecular complexity index is 791. The van der Waals surface area contributed by atoms with Crippen LogP contribution in [0.1, 0.15) is 16.9 Å². The largest absolute Gasteiger partial charge is 0.347 e.